The minimum absolute atomic E-state index is 0.265. The molecule has 3 aromatic rings. The van der Waals surface area contributed by atoms with E-state index in [-0.39, 0.29) is 11.2 Å². The van der Waals surface area contributed by atoms with E-state index in [9.17, 15) is 9.59 Å². The zero-order valence-electron chi connectivity index (χ0n) is 13.7. The average molecular weight is 345 g/mol. The van der Waals surface area contributed by atoms with E-state index in [1.807, 2.05) is 4.57 Å². The Morgan fingerprint density at radius 1 is 1.21 bits per heavy atom. The molecule has 0 N–H and O–H groups in total. The van der Waals surface area contributed by atoms with Crippen LogP contribution in [0.3, 0.4) is 0 Å². The van der Waals surface area contributed by atoms with E-state index >= 15 is 0 Å². The van der Waals surface area contributed by atoms with Crippen LogP contribution < -0.4 is 11.2 Å². The van der Waals surface area contributed by atoms with Crippen LogP contribution in [0.25, 0.3) is 11.2 Å². The van der Waals surface area contributed by atoms with Gasteiger partial charge in [0, 0.05) is 38.6 Å². The quantitative estimate of drug-likeness (QED) is 0.696. The van der Waals surface area contributed by atoms with Crippen molar-refractivity contribution in [1.29, 1.82) is 0 Å². The maximum Gasteiger partial charge on any atom is 0.332 e. The highest BCUT2D eigenvalue weighted by Gasteiger charge is 2.24. The summed E-state index contributed by atoms with van der Waals surface area (Å²) in [5.41, 5.74) is 0.419. The van der Waals surface area contributed by atoms with Gasteiger partial charge >= 0.3 is 5.69 Å². The number of imidazole rings is 1. The van der Waals surface area contributed by atoms with Crippen LogP contribution >= 0.6 is 11.3 Å². The molecule has 0 atom stereocenters. The molecule has 0 fully saturated rings. The first-order valence-corrected chi connectivity index (χ1v) is 8.84. The molecule has 4 heterocycles. The van der Waals surface area contributed by atoms with Gasteiger partial charge in [-0.2, -0.15) is 0 Å². The zero-order chi connectivity index (χ0) is 16.8. The maximum absolute atomic E-state index is 12.5. The van der Waals surface area contributed by atoms with Crippen molar-refractivity contribution in [2.45, 2.75) is 19.5 Å². The van der Waals surface area contributed by atoms with Gasteiger partial charge in [-0.05, 0) is 17.9 Å². The number of hydrogen-bond donors (Lipinski definition) is 0. The Morgan fingerprint density at radius 3 is 2.79 bits per heavy atom. The van der Waals surface area contributed by atoms with E-state index in [4.69, 9.17) is 0 Å². The Morgan fingerprint density at radius 2 is 2.04 bits per heavy atom. The Kier molecular flexibility index (Phi) is 3.65. The molecule has 1 aliphatic heterocycles. The van der Waals surface area contributed by atoms with Crippen LogP contribution in [0.4, 0.5) is 0 Å². The normalized spacial score (nSPS) is 15.1. The predicted octanol–water partition coefficient (Wildman–Crippen LogP) is 0.553. The van der Waals surface area contributed by atoms with Crippen LogP contribution in [-0.4, -0.2) is 36.7 Å². The van der Waals surface area contributed by atoms with Gasteiger partial charge in [0.25, 0.3) is 5.56 Å². The lowest BCUT2D eigenvalue weighted by atomic mass is 10.3. The van der Waals surface area contributed by atoms with Crippen molar-refractivity contribution in [1.82, 2.24) is 23.6 Å². The standard InChI is InChI=1S/C16H19N5O2S/c1-18-14-13(15(22)19(2)16(18)23)21-8-7-20(10-12(21)17-14)6-5-11-4-3-9-24-11/h3-4,9H,5-8,10H2,1-2H3. The Labute approximate surface area is 142 Å². The second-order valence-corrected chi connectivity index (χ2v) is 7.20. The summed E-state index contributed by atoms with van der Waals surface area (Å²) in [5, 5.41) is 2.10. The summed E-state index contributed by atoms with van der Waals surface area (Å²) in [7, 11) is 3.18. The van der Waals surface area contributed by atoms with Gasteiger partial charge in [-0.1, -0.05) is 6.07 Å². The third-order valence-electron chi connectivity index (χ3n) is 4.69. The van der Waals surface area contributed by atoms with Crippen LogP contribution in [-0.2, 0) is 33.6 Å². The molecule has 0 radical (unpaired) electrons. The maximum atomic E-state index is 12.5. The van der Waals surface area contributed by atoms with E-state index < -0.39 is 0 Å². The number of thiophene rings is 1. The molecule has 3 aromatic heterocycles. The molecule has 8 heteroatoms. The van der Waals surface area contributed by atoms with Crippen molar-refractivity contribution in [3.05, 3.63) is 49.1 Å². The smallest absolute Gasteiger partial charge is 0.320 e. The summed E-state index contributed by atoms with van der Waals surface area (Å²) < 4.78 is 4.58. The molecule has 24 heavy (non-hydrogen) atoms. The van der Waals surface area contributed by atoms with Gasteiger partial charge in [-0.15, -0.1) is 11.3 Å². The van der Waals surface area contributed by atoms with Crippen LogP contribution in [0, 0.1) is 0 Å². The molecule has 1 aliphatic rings. The van der Waals surface area contributed by atoms with Crippen molar-refractivity contribution >= 4 is 22.5 Å². The van der Waals surface area contributed by atoms with Crippen LogP contribution in [0.1, 0.15) is 10.7 Å². The van der Waals surface area contributed by atoms with Gasteiger partial charge in [0.15, 0.2) is 11.2 Å². The fraction of sp³-hybridized carbons (Fsp3) is 0.438. The third kappa shape index (κ3) is 2.33. The number of rotatable bonds is 3. The third-order valence-corrected chi connectivity index (χ3v) is 5.62. The van der Waals surface area contributed by atoms with Gasteiger partial charge in [0.05, 0.1) is 6.54 Å². The van der Waals surface area contributed by atoms with E-state index in [0.29, 0.717) is 17.7 Å². The average Bonchev–Trinajstić information content (AvgIpc) is 3.23. The number of hydrogen-bond acceptors (Lipinski definition) is 5. The lowest BCUT2D eigenvalue weighted by Crippen LogP contribution is -2.39. The molecule has 0 saturated carbocycles. The van der Waals surface area contributed by atoms with Crippen molar-refractivity contribution in [3.63, 3.8) is 0 Å². The highest BCUT2D eigenvalue weighted by atomic mass is 32.1. The minimum atomic E-state index is -0.336. The highest BCUT2D eigenvalue weighted by molar-refractivity contribution is 7.09. The number of nitrogens with zero attached hydrogens (tertiary/aromatic N) is 5. The first kappa shape index (κ1) is 15.3. The van der Waals surface area contributed by atoms with Crippen molar-refractivity contribution < 1.29 is 0 Å². The minimum Gasteiger partial charge on any atom is -0.320 e. The molecule has 0 aromatic carbocycles. The summed E-state index contributed by atoms with van der Waals surface area (Å²) in [4.78, 5) is 32.9. The van der Waals surface area contributed by atoms with Gasteiger partial charge in [-0.3, -0.25) is 18.8 Å². The van der Waals surface area contributed by atoms with Gasteiger partial charge in [0.1, 0.15) is 5.82 Å². The molecule has 0 aliphatic carbocycles. The highest BCUT2D eigenvalue weighted by Crippen LogP contribution is 2.18. The van der Waals surface area contributed by atoms with Crippen LogP contribution in [0.5, 0.6) is 0 Å². The monoisotopic (exact) mass is 345 g/mol. The van der Waals surface area contributed by atoms with E-state index in [1.54, 1.807) is 18.4 Å². The van der Waals surface area contributed by atoms with Crippen LogP contribution in [0.15, 0.2) is 27.1 Å². The second kappa shape index (κ2) is 5.71. The molecule has 0 saturated heterocycles. The SMILES string of the molecule is Cn1c(=O)c2c(nc3n2CCN(CCc2cccs2)C3)n(C)c1=O. The molecule has 126 valence electrons. The van der Waals surface area contributed by atoms with Crippen LogP contribution in [0.2, 0.25) is 0 Å². The first-order valence-electron chi connectivity index (χ1n) is 7.96. The lowest BCUT2D eigenvalue weighted by Gasteiger charge is -2.27. The fourth-order valence-electron chi connectivity index (χ4n) is 3.29. The van der Waals surface area contributed by atoms with Gasteiger partial charge < -0.3 is 4.57 Å². The van der Waals surface area contributed by atoms with Crippen molar-refractivity contribution in [2.75, 3.05) is 13.1 Å². The lowest BCUT2D eigenvalue weighted by molar-refractivity contribution is 0.222. The summed E-state index contributed by atoms with van der Waals surface area (Å²) in [6.45, 7) is 3.29. The van der Waals surface area contributed by atoms with Crippen molar-refractivity contribution in [3.8, 4) is 0 Å². The summed E-state index contributed by atoms with van der Waals surface area (Å²) in [5.74, 6) is 0.862. The Balaban J connectivity index is 1.67. The fourth-order valence-corrected chi connectivity index (χ4v) is 3.99. The molecule has 4 rings (SSSR count). The van der Waals surface area contributed by atoms with Gasteiger partial charge in [-0.25, -0.2) is 9.78 Å². The zero-order valence-corrected chi connectivity index (χ0v) is 14.5. The van der Waals surface area contributed by atoms with E-state index in [2.05, 4.69) is 27.4 Å². The van der Waals surface area contributed by atoms with E-state index in [0.717, 1.165) is 36.4 Å². The summed E-state index contributed by atoms with van der Waals surface area (Å²) in [6.07, 6.45) is 1.03. The first-order chi connectivity index (χ1) is 11.6. The topological polar surface area (TPSA) is 65.1 Å². The molecule has 0 unspecified atom stereocenters. The van der Waals surface area contributed by atoms with Gasteiger partial charge in [0.2, 0.25) is 0 Å². The summed E-state index contributed by atoms with van der Waals surface area (Å²) in [6, 6.07) is 4.23. The Bertz CT molecular complexity index is 1010. The molecular formula is C16H19N5O2S. The Hall–Kier alpha value is -2.19. The van der Waals surface area contributed by atoms with Crippen molar-refractivity contribution in [2.24, 2.45) is 14.1 Å². The largest absolute Gasteiger partial charge is 0.332 e. The molecule has 0 amide bonds. The number of aromatic nitrogens is 4. The second-order valence-electron chi connectivity index (χ2n) is 6.16. The predicted molar refractivity (Wildman–Crippen MR) is 93.5 cm³/mol. The van der Waals surface area contributed by atoms with E-state index in [1.165, 1.54) is 16.5 Å². The molecule has 7 nitrogen and oxygen atoms in total. The number of fused-ring (bicyclic) bond motifs is 3. The molecule has 0 spiro atoms. The number of aryl methyl sites for hydroxylation is 1. The molecule has 0 bridgehead atoms. The molecular weight excluding hydrogens is 326 g/mol. The summed E-state index contributed by atoms with van der Waals surface area (Å²) >= 11 is 1.78.